The molecule has 2 rings (SSSR count). The lowest BCUT2D eigenvalue weighted by molar-refractivity contribution is 0.103. The highest BCUT2D eigenvalue weighted by Gasteiger charge is 2.35. The van der Waals surface area contributed by atoms with Gasteiger partial charge in [-0.05, 0) is 31.7 Å². The van der Waals surface area contributed by atoms with Crippen molar-refractivity contribution < 1.29 is 9.50 Å². The standard InChI is InChI=1S/C12H15FO/c13-12(8-4-1-5-9-12)10-6-2-3-7-11(10)14/h2-3,6-7,14H,1,4-5,8-9H2. The molecule has 0 aliphatic heterocycles. The van der Waals surface area contributed by atoms with Crippen molar-refractivity contribution in [2.75, 3.05) is 0 Å². The molecule has 0 amide bonds. The van der Waals surface area contributed by atoms with Crippen LogP contribution in [0.2, 0.25) is 0 Å². The summed E-state index contributed by atoms with van der Waals surface area (Å²) in [5.74, 6) is 0.0944. The van der Waals surface area contributed by atoms with E-state index in [-0.39, 0.29) is 5.75 Å². The van der Waals surface area contributed by atoms with Gasteiger partial charge in [0.25, 0.3) is 0 Å². The first-order valence-electron chi connectivity index (χ1n) is 5.20. The Morgan fingerprint density at radius 1 is 1.07 bits per heavy atom. The maximum Gasteiger partial charge on any atom is 0.139 e. The quantitative estimate of drug-likeness (QED) is 0.725. The molecular weight excluding hydrogens is 179 g/mol. The van der Waals surface area contributed by atoms with Gasteiger partial charge in [-0.15, -0.1) is 0 Å². The summed E-state index contributed by atoms with van der Waals surface area (Å²) >= 11 is 0. The third-order valence-corrected chi connectivity index (χ3v) is 3.03. The Kier molecular flexibility index (Phi) is 2.44. The fourth-order valence-electron chi connectivity index (χ4n) is 2.23. The van der Waals surface area contributed by atoms with Gasteiger partial charge >= 0.3 is 0 Å². The van der Waals surface area contributed by atoms with Crippen molar-refractivity contribution in [3.63, 3.8) is 0 Å². The largest absolute Gasteiger partial charge is 0.508 e. The van der Waals surface area contributed by atoms with E-state index in [9.17, 15) is 9.50 Å². The second kappa shape index (κ2) is 3.60. The molecule has 0 saturated heterocycles. The minimum absolute atomic E-state index is 0.0944. The van der Waals surface area contributed by atoms with Gasteiger partial charge in [0.15, 0.2) is 0 Å². The van der Waals surface area contributed by atoms with Crippen LogP contribution >= 0.6 is 0 Å². The number of rotatable bonds is 1. The first-order valence-corrected chi connectivity index (χ1v) is 5.20. The van der Waals surface area contributed by atoms with Gasteiger partial charge in [0.2, 0.25) is 0 Å². The predicted molar refractivity (Wildman–Crippen MR) is 54.0 cm³/mol. The van der Waals surface area contributed by atoms with Crippen LogP contribution in [0.15, 0.2) is 24.3 Å². The first kappa shape index (κ1) is 9.50. The van der Waals surface area contributed by atoms with Crippen molar-refractivity contribution in [1.82, 2.24) is 0 Å². The van der Waals surface area contributed by atoms with Gasteiger partial charge in [-0.3, -0.25) is 0 Å². The minimum Gasteiger partial charge on any atom is -0.508 e. The monoisotopic (exact) mass is 194 g/mol. The summed E-state index contributed by atoms with van der Waals surface area (Å²) in [4.78, 5) is 0. The molecule has 0 unspecified atom stereocenters. The van der Waals surface area contributed by atoms with Crippen LogP contribution in [0.1, 0.15) is 37.7 Å². The zero-order valence-corrected chi connectivity index (χ0v) is 8.17. The van der Waals surface area contributed by atoms with Crippen LogP contribution in [-0.2, 0) is 5.67 Å². The highest BCUT2D eigenvalue weighted by molar-refractivity contribution is 5.37. The third-order valence-electron chi connectivity index (χ3n) is 3.03. The van der Waals surface area contributed by atoms with Gasteiger partial charge in [-0.25, -0.2) is 4.39 Å². The third kappa shape index (κ3) is 1.61. The molecule has 0 spiro atoms. The van der Waals surface area contributed by atoms with E-state index in [1.165, 1.54) is 0 Å². The molecule has 1 N–H and O–H groups in total. The van der Waals surface area contributed by atoms with Crippen LogP contribution in [0, 0.1) is 0 Å². The van der Waals surface area contributed by atoms with Gasteiger partial charge in [-0.2, -0.15) is 0 Å². The lowest BCUT2D eigenvalue weighted by atomic mass is 9.81. The number of hydrogen-bond donors (Lipinski definition) is 1. The average Bonchev–Trinajstić information content (AvgIpc) is 2.19. The van der Waals surface area contributed by atoms with E-state index in [4.69, 9.17) is 0 Å². The second-order valence-electron chi connectivity index (χ2n) is 4.04. The topological polar surface area (TPSA) is 20.2 Å². The maximum absolute atomic E-state index is 14.4. The molecule has 14 heavy (non-hydrogen) atoms. The number of benzene rings is 1. The lowest BCUT2D eigenvalue weighted by Gasteiger charge is -2.30. The molecule has 76 valence electrons. The summed E-state index contributed by atoms with van der Waals surface area (Å²) in [5.41, 5.74) is -0.816. The summed E-state index contributed by atoms with van der Waals surface area (Å²) in [6.07, 6.45) is 4.05. The SMILES string of the molecule is Oc1ccccc1C1(F)CCCCC1. The summed E-state index contributed by atoms with van der Waals surface area (Å²) in [6.45, 7) is 0. The molecule has 0 aromatic heterocycles. The van der Waals surface area contributed by atoms with E-state index in [1.807, 2.05) is 0 Å². The Hall–Kier alpha value is -1.05. The first-order chi connectivity index (χ1) is 6.72. The number of para-hydroxylation sites is 1. The molecule has 1 aromatic carbocycles. The lowest BCUT2D eigenvalue weighted by Crippen LogP contribution is -2.23. The molecule has 1 fully saturated rings. The summed E-state index contributed by atoms with van der Waals surface area (Å²) in [5, 5.41) is 9.59. The average molecular weight is 194 g/mol. The number of alkyl halides is 1. The molecule has 1 aliphatic rings. The fourth-order valence-corrected chi connectivity index (χ4v) is 2.23. The van der Waals surface area contributed by atoms with Crippen molar-refractivity contribution >= 4 is 0 Å². The molecule has 0 radical (unpaired) electrons. The van der Waals surface area contributed by atoms with Crippen molar-refractivity contribution in [2.24, 2.45) is 0 Å². The fraction of sp³-hybridized carbons (Fsp3) is 0.500. The Labute approximate surface area is 83.6 Å². The smallest absolute Gasteiger partial charge is 0.139 e. The van der Waals surface area contributed by atoms with E-state index < -0.39 is 5.67 Å². The van der Waals surface area contributed by atoms with Gasteiger partial charge in [0, 0.05) is 5.56 Å². The zero-order chi connectivity index (χ0) is 10.0. The Bertz CT molecular complexity index is 316. The molecule has 2 heteroatoms. The molecule has 1 aliphatic carbocycles. The molecule has 1 nitrogen and oxygen atoms in total. The van der Waals surface area contributed by atoms with Crippen LogP contribution in [-0.4, -0.2) is 5.11 Å². The molecule has 1 saturated carbocycles. The summed E-state index contributed by atoms with van der Waals surface area (Å²) in [7, 11) is 0. The van der Waals surface area contributed by atoms with E-state index in [0.717, 1.165) is 19.3 Å². The maximum atomic E-state index is 14.4. The van der Waals surface area contributed by atoms with Crippen LogP contribution in [0.4, 0.5) is 4.39 Å². The van der Waals surface area contributed by atoms with Gasteiger partial charge in [0.1, 0.15) is 11.4 Å². The summed E-state index contributed by atoms with van der Waals surface area (Å²) < 4.78 is 14.4. The highest BCUT2D eigenvalue weighted by Crippen LogP contribution is 2.43. The van der Waals surface area contributed by atoms with Crippen molar-refractivity contribution in [2.45, 2.75) is 37.8 Å². The van der Waals surface area contributed by atoms with Gasteiger partial charge in [0.05, 0.1) is 0 Å². The number of halogens is 1. The Morgan fingerprint density at radius 3 is 2.36 bits per heavy atom. The van der Waals surface area contributed by atoms with Crippen molar-refractivity contribution in [1.29, 1.82) is 0 Å². The van der Waals surface area contributed by atoms with Crippen molar-refractivity contribution in [3.8, 4) is 5.75 Å². The van der Waals surface area contributed by atoms with E-state index in [2.05, 4.69) is 0 Å². The number of phenols is 1. The van der Waals surface area contributed by atoms with Crippen LogP contribution < -0.4 is 0 Å². The molecule has 0 bridgehead atoms. The van der Waals surface area contributed by atoms with Crippen LogP contribution in [0.25, 0.3) is 0 Å². The van der Waals surface area contributed by atoms with Gasteiger partial charge in [-0.1, -0.05) is 24.6 Å². The second-order valence-corrected chi connectivity index (χ2v) is 4.04. The zero-order valence-electron chi connectivity index (χ0n) is 8.17. The number of aromatic hydroxyl groups is 1. The van der Waals surface area contributed by atoms with Gasteiger partial charge < -0.3 is 5.11 Å². The van der Waals surface area contributed by atoms with Crippen LogP contribution in [0.3, 0.4) is 0 Å². The molecule has 0 heterocycles. The van der Waals surface area contributed by atoms with Crippen molar-refractivity contribution in [3.05, 3.63) is 29.8 Å². The number of hydrogen-bond acceptors (Lipinski definition) is 1. The molecule has 0 atom stereocenters. The van der Waals surface area contributed by atoms with E-state index >= 15 is 0 Å². The van der Waals surface area contributed by atoms with E-state index in [1.54, 1.807) is 24.3 Å². The Morgan fingerprint density at radius 2 is 1.71 bits per heavy atom. The number of phenolic OH excluding ortho intramolecular Hbond substituents is 1. The predicted octanol–water partition coefficient (Wildman–Crippen LogP) is 3.52. The highest BCUT2D eigenvalue weighted by atomic mass is 19.1. The minimum atomic E-state index is -1.29. The summed E-state index contributed by atoms with van der Waals surface area (Å²) in [6, 6.07) is 6.77. The molecule has 1 aromatic rings. The molecular formula is C12H15FO. The van der Waals surface area contributed by atoms with E-state index in [0.29, 0.717) is 18.4 Å². The van der Waals surface area contributed by atoms with Crippen LogP contribution in [0.5, 0.6) is 5.75 Å². The normalized spacial score (nSPS) is 20.6. The Balaban J connectivity index is 2.32.